The van der Waals surface area contributed by atoms with Crippen molar-refractivity contribution in [3.05, 3.63) is 64.5 Å². The van der Waals surface area contributed by atoms with Crippen molar-refractivity contribution >= 4 is 0 Å². The van der Waals surface area contributed by atoms with Crippen molar-refractivity contribution < 1.29 is 0 Å². The quantitative estimate of drug-likeness (QED) is 0.894. The van der Waals surface area contributed by atoms with Crippen LogP contribution < -0.4 is 5.73 Å². The van der Waals surface area contributed by atoms with Gasteiger partial charge in [0.15, 0.2) is 0 Å². The summed E-state index contributed by atoms with van der Waals surface area (Å²) in [5, 5.41) is 0. The Hall–Kier alpha value is -1.67. The molecule has 0 aliphatic heterocycles. The molecule has 0 spiro atoms. The molecule has 0 amide bonds. The molecule has 1 heterocycles. The molecular weight excluding hydrogens is 220 g/mol. The molecule has 2 heteroatoms. The largest absolute Gasteiger partial charge is 0.324 e. The van der Waals surface area contributed by atoms with Gasteiger partial charge in [0.2, 0.25) is 0 Å². The van der Waals surface area contributed by atoms with Gasteiger partial charge in [0.05, 0.1) is 0 Å². The van der Waals surface area contributed by atoms with Crippen LogP contribution in [0, 0.1) is 20.8 Å². The maximum Gasteiger partial charge on any atom is 0.0372 e. The lowest BCUT2D eigenvalue weighted by Crippen LogP contribution is -2.13. The summed E-state index contributed by atoms with van der Waals surface area (Å²) in [6, 6.07) is 10.6. The monoisotopic (exact) mass is 240 g/mol. The Morgan fingerprint density at radius 3 is 2.44 bits per heavy atom. The van der Waals surface area contributed by atoms with E-state index in [4.69, 9.17) is 5.73 Å². The fourth-order valence-electron chi connectivity index (χ4n) is 2.00. The molecule has 2 nitrogen and oxygen atoms in total. The standard InChI is InChI=1S/C16H20N2/c1-11-4-6-14(8-12(11)2)9-16(17)15-7-5-13(3)18-10-15/h4-8,10,16H,9,17H2,1-3H3. The number of pyridine rings is 1. The van der Waals surface area contributed by atoms with Gasteiger partial charge in [-0.3, -0.25) is 4.98 Å². The predicted octanol–water partition coefficient (Wildman–Crippen LogP) is 3.25. The van der Waals surface area contributed by atoms with Crippen molar-refractivity contribution in [2.45, 2.75) is 33.2 Å². The van der Waals surface area contributed by atoms with Gasteiger partial charge in [-0.1, -0.05) is 24.3 Å². The topological polar surface area (TPSA) is 38.9 Å². The molecule has 0 radical (unpaired) electrons. The van der Waals surface area contributed by atoms with Crippen molar-refractivity contribution in [3.63, 3.8) is 0 Å². The lowest BCUT2D eigenvalue weighted by Gasteiger charge is -2.13. The SMILES string of the molecule is Cc1ccc(C(N)Cc2ccc(C)c(C)c2)cn1. The molecule has 1 aromatic carbocycles. The maximum atomic E-state index is 6.23. The summed E-state index contributed by atoms with van der Waals surface area (Å²) in [4.78, 5) is 4.29. The lowest BCUT2D eigenvalue weighted by atomic mass is 9.98. The summed E-state index contributed by atoms with van der Waals surface area (Å²) >= 11 is 0. The molecule has 0 aliphatic carbocycles. The Morgan fingerprint density at radius 1 is 1.06 bits per heavy atom. The Labute approximate surface area is 109 Å². The zero-order chi connectivity index (χ0) is 13.1. The van der Waals surface area contributed by atoms with Crippen LogP contribution in [0.4, 0.5) is 0 Å². The van der Waals surface area contributed by atoms with Crippen LogP contribution in [0.3, 0.4) is 0 Å². The zero-order valence-corrected chi connectivity index (χ0v) is 11.3. The van der Waals surface area contributed by atoms with Crippen LogP contribution >= 0.6 is 0 Å². The van der Waals surface area contributed by atoms with Crippen molar-refractivity contribution in [2.75, 3.05) is 0 Å². The van der Waals surface area contributed by atoms with E-state index in [2.05, 4.69) is 43.1 Å². The van der Waals surface area contributed by atoms with Crippen molar-refractivity contribution in [2.24, 2.45) is 5.73 Å². The summed E-state index contributed by atoms with van der Waals surface area (Å²) in [6.45, 7) is 6.25. The molecule has 2 aromatic rings. The number of rotatable bonds is 3. The van der Waals surface area contributed by atoms with Gasteiger partial charge >= 0.3 is 0 Å². The summed E-state index contributed by atoms with van der Waals surface area (Å²) in [6.07, 6.45) is 2.73. The first-order valence-electron chi connectivity index (χ1n) is 6.30. The van der Waals surface area contributed by atoms with E-state index in [1.54, 1.807) is 0 Å². The molecule has 18 heavy (non-hydrogen) atoms. The molecule has 2 rings (SSSR count). The zero-order valence-electron chi connectivity index (χ0n) is 11.3. The van der Waals surface area contributed by atoms with Crippen LogP contribution in [0.15, 0.2) is 36.5 Å². The highest BCUT2D eigenvalue weighted by atomic mass is 14.7. The average molecular weight is 240 g/mol. The van der Waals surface area contributed by atoms with Gasteiger partial charge in [0.25, 0.3) is 0 Å². The fourth-order valence-corrected chi connectivity index (χ4v) is 2.00. The smallest absolute Gasteiger partial charge is 0.0372 e. The van der Waals surface area contributed by atoms with E-state index >= 15 is 0 Å². The second kappa shape index (κ2) is 5.32. The molecular formula is C16H20N2. The molecule has 1 aromatic heterocycles. The van der Waals surface area contributed by atoms with Crippen molar-refractivity contribution in [1.82, 2.24) is 4.98 Å². The highest BCUT2D eigenvalue weighted by molar-refractivity contribution is 5.31. The minimum absolute atomic E-state index is 0.0141. The van der Waals surface area contributed by atoms with Gasteiger partial charge < -0.3 is 5.73 Å². The Bertz CT molecular complexity index is 529. The van der Waals surface area contributed by atoms with Gasteiger partial charge in [-0.2, -0.15) is 0 Å². The number of aryl methyl sites for hydroxylation is 3. The van der Waals surface area contributed by atoms with Crippen LogP contribution in [0.1, 0.15) is 34.0 Å². The van der Waals surface area contributed by atoms with Gasteiger partial charge in [-0.05, 0) is 55.5 Å². The molecule has 1 atom stereocenters. The molecule has 0 aliphatic rings. The van der Waals surface area contributed by atoms with Gasteiger partial charge in [-0.25, -0.2) is 0 Å². The van der Waals surface area contributed by atoms with Gasteiger partial charge in [0.1, 0.15) is 0 Å². The first kappa shape index (κ1) is 12.8. The van der Waals surface area contributed by atoms with E-state index < -0.39 is 0 Å². The van der Waals surface area contributed by atoms with E-state index in [0.29, 0.717) is 0 Å². The molecule has 0 saturated heterocycles. The third kappa shape index (κ3) is 2.96. The summed E-state index contributed by atoms with van der Waals surface area (Å²) in [5.41, 5.74) is 12.3. The molecule has 2 N–H and O–H groups in total. The van der Waals surface area contributed by atoms with Gasteiger partial charge in [0, 0.05) is 17.9 Å². The van der Waals surface area contributed by atoms with Crippen LogP contribution in [-0.2, 0) is 6.42 Å². The number of benzene rings is 1. The molecule has 0 saturated carbocycles. The molecule has 94 valence electrons. The number of hydrogen-bond acceptors (Lipinski definition) is 2. The minimum atomic E-state index is 0.0141. The molecule has 0 fully saturated rings. The summed E-state index contributed by atoms with van der Waals surface area (Å²) < 4.78 is 0. The van der Waals surface area contributed by atoms with E-state index in [0.717, 1.165) is 17.7 Å². The predicted molar refractivity (Wildman–Crippen MR) is 75.5 cm³/mol. The summed E-state index contributed by atoms with van der Waals surface area (Å²) in [7, 11) is 0. The van der Waals surface area contributed by atoms with Crippen LogP contribution in [0.5, 0.6) is 0 Å². The number of aromatic nitrogens is 1. The molecule has 0 bridgehead atoms. The third-order valence-corrected chi connectivity index (χ3v) is 3.39. The fraction of sp³-hybridized carbons (Fsp3) is 0.312. The summed E-state index contributed by atoms with van der Waals surface area (Å²) in [5.74, 6) is 0. The Kier molecular flexibility index (Phi) is 3.78. The second-order valence-corrected chi connectivity index (χ2v) is 4.96. The number of nitrogens with zero attached hydrogens (tertiary/aromatic N) is 1. The first-order chi connectivity index (χ1) is 8.56. The van der Waals surface area contributed by atoms with E-state index in [1.807, 2.05) is 19.2 Å². The van der Waals surface area contributed by atoms with Crippen LogP contribution in [0.2, 0.25) is 0 Å². The van der Waals surface area contributed by atoms with Crippen LogP contribution in [0.25, 0.3) is 0 Å². The maximum absolute atomic E-state index is 6.23. The number of hydrogen-bond donors (Lipinski definition) is 1. The van der Waals surface area contributed by atoms with E-state index in [1.165, 1.54) is 16.7 Å². The normalized spacial score (nSPS) is 12.4. The van der Waals surface area contributed by atoms with E-state index in [9.17, 15) is 0 Å². The Balaban J connectivity index is 2.13. The first-order valence-corrected chi connectivity index (χ1v) is 6.30. The third-order valence-electron chi connectivity index (χ3n) is 3.39. The lowest BCUT2D eigenvalue weighted by molar-refractivity contribution is 0.716. The second-order valence-electron chi connectivity index (χ2n) is 4.96. The minimum Gasteiger partial charge on any atom is -0.324 e. The average Bonchev–Trinajstić information content (AvgIpc) is 2.34. The highest BCUT2D eigenvalue weighted by Gasteiger charge is 2.08. The molecule has 1 unspecified atom stereocenters. The highest BCUT2D eigenvalue weighted by Crippen LogP contribution is 2.17. The van der Waals surface area contributed by atoms with Crippen LogP contribution in [-0.4, -0.2) is 4.98 Å². The van der Waals surface area contributed by atoms with E-state index in [-0.39, 0.29) is 6.04 Å². The Morgan fingerprint density at radius 2 is 1.83 bits per heavy atom. The van der Waals surface area contributed by atoms with Crippen molar-refractivity contribution in [1.29, 1.82) is 0 Å². The van der Waals surface area contributed by atoms with Gasteiger partial charge in [-0.15, -0.1) is 0 Å². The van der Waals surface area contributed by atoms with Crippen molar-refractivity contribution in [3.8, 4) is 0 Å². The number of nitrogens with two attached hydrogens (primary N) is 1.